The molecule has 6 nitrogen and oxygen atoms in total. The normalized spacial score (nSPS) is 10.7. The first kappa shape index (κ1) is 19.7. The number of hydrogen-bond donors (Lipinski definition) is 2. The van der Waals surface area contributed by atoms with Crippen LogP contribution in [0.4, 0.5) is 5.69 Å². The highest BCUT2D eigenvalue weighted by atomic mass is 32.2. The molecule has 0 aliphatic rings. The van der Waals surface area contributed by atoms with E-state index < -0.39 is 11.4 Å². The maximum Gasteiger partial charge on any atom is 0.344 e. The number of ether oxygens (including phenoxy) is 1. The van der Waals surface area contributed by atoms with Gasteiger partial charge in [0.15, 0.2) is 0 Å². The largest absolute Gasteiger partial charge is 0.465 e. The number of para-hydroxylation sites is 1. The van der Waals surface area contributed by atoms with Crippen molar-refractivity contribution in [2.45, 2.75) is 18.9 Å². The summed E-state index contributed by atoms with van der Waals surface area (Å²) in [5.41, 5.74) is 3.01. The molecule has 28 heavy (non-hydrogen) atoms. The van der Waals surface area contributed by atoms with Crippen LogP contribution in [0.5, 0.6) is 0 Å². The van der Waals surface area contributed by atoms with Crippen molar-refractivity contribution >= 4 is 40.2 Å². The summed E-state index contributed by atoms with van der Waals surface area (Å²) in [7, 11) is 1.22. The Balaban J connectivity index is 1.84. The van der Waals surface area contributed by atoms with Gasteiger partial charge < -0.3 is 15.0 Å². The van der Waals surface area contributed by atoms with Crippen LogP contribution >= 0.6 is 11.8 Å². The minimum Gasteiger partial charge on any atom is -0.465 e. The molecule has 2 N–H and O–H groups in total. The van der Waals surface area contributed by atoms with Gasteiger partial charge in [0.25, 0.3) is 0 Å². The molecule has 0 bridgehead atoms. The monoisotopic (exact) mass is 396 g/mol. The Labute approximate surface area is 166 Å². The SMILES string of the molecule is COC(=O)c1c(SCC(=O)Nc2ccc(C)c(C)c2)[nH]c2ccccc2c1=O. The number of rotatable bonds is 5. The number of amides is 1. The van der Waals surface area contributed by atoms with Crippen molar-refractivity contribution in [1.29, 1.82) is 0 Å². The fourth-order valence-corrected chi connectivity index (χ4v) is 3.61. The Kier molecular flexibility index (Phi) is 5.84. The highest BCUT2D eigenvalue weighted by Crippen LogP contribution is 2.23. The number of carbonyl (C=O) groups is 2. The molecule has 1 heterocycles. The number of aromatic amines is 1. The number of carbonyl (C=O) groups excluding carboxylic acids is 2. The lowest BCUT2D eigenvalue weighted by Gasteiger charge is -2.10. The molecule has 0 spiro atoms. The summed E-state index contributed by atoms with van der Waals surface area (Å²) in [6, 6.07) is 12.6. The summed E-state index contributed by atoms with van der Waals surface area (Å²) in [5.74, 6) is -0.937. The average Bonchev–Trinajstić information content (AvgIpc) is 2.69. The number of esters is 1. The zero-order valence-corrected chi connectivity index (χ0v) is 16.6. The lowest BCUT2D eigenvalue weighted by molar-refractivity contribution is -0.113. The minimum absolute atomic E-state index is 0.0329. The lowest BCUT2D eigenvalue weighted by Crippen LogP contribution is -2.20. The van der Waals surface area contributed by atoms with Gasteiger partial charge in [0.2, 0.25) is 11.3 Å². The maximum absolute atomic E-state index is 12.7. The van der Waals surface area contributed by atoms with Gasteiger partial charge in [-0.05, 0) is 49.2 Å². The molecule has 1 amide bonds. The molecular formula is C21H20N2O4S. The average molecular weight is 396 g/mol. The molecule has 0 saturated carbocycles. The summed E-state index contributed by atoms with van der Waals surface area (Å²) in [5, 5.41) is 3.53. The number of aryl methyl sites for hydroxylation is 2. The summed E-state index contributed by atoms with van der Waals surface area (Å²) in [4.78, 5) is 40.3. The number of fused-ring (bicyclic) bond motifs is 1. The second-order valence-corrected chi connectivity index (χ2v) is 7.32. The zero-order valence-electron chi connectivity index (χ0n) is 15.8. The number of benzene rings is 2. The highest BCUT2D eigenvalue weighted by Gasteiger charge is 2.20. The Bertz CT molecular complexity index is 1120. The highest BCUT2D eigenvalue weighted by molar-refractivity contribution is 8.00. The number of pyridine rings is 1. The van der Waals surface area contributed by atoms with Crippen molar-refractivity contribution in [2.75, 3.05) is 18.2 Å². The molecule has 2 aromatic carbocycles. The van der Waals surface area contributed by atoms with E-state index in [0.717, 1.165) is 22.9 Å². The van der Waals surface area contributed by atoms with Gasteiger partial charge in [0, 0.05) is 11.1 Å². The van der Waals surface area contributed by atoms with Crippen LogP contribution < -0.4 is 10.7 Å². The fourth-order valence-electron chi connectivity index (χ4n) is 2.76. The minimum atomic E-state index is -0.732. The third-order valence-electron chi connectivity index (χ3n) is 4.40. The van der Waals surface area contributed by atoms with Crippen LogP contribution in [0, 0.1) is 13.8 Å². The van der Waals surface area contributed by atoms with E-state index in [-0.39, 0.29) is 17.2 Å². The van der Waals surface area contributed by atoms with E-state index >= 15 is 0 Å². The number of H-pyrrole nitrogens is 1. The van der Waals surface area contributed by atoms with Crippen LogP contribution in [0.15, 0.2) is 52.3 Å². The first-order valence-electron chi connectivity index (χ1n) is 8.64. The third-order valence-corrected chi connectivity index (χ3v) is 5.40. The summed E-state index contributed by atoms with van der Waals surface area (Å²) < 4.78 is 4.76. The van der Waals surface area contributed by atoms with E-state index in [9.17, 15) is 14.4 Å². The first-order valence-corrected chi connectivity index (χ1v) is 9.62. The number of thioether (sulfide) groups is 1. The maximum atomic E-state index is 12.7. The number of aromatic nitrogens is 1. The number of anilines is 1. The van der Waals surface area contributed by atoms with Crippen LogP contribution in [0.25, 0.3) is 10.9 Å². The topological polar surface area (TPSA) is 88.3 Å². The molecule has 7 heteroatoms. The van der Waals surface area contributed by atoms with Crippen molar-refractivity contribution < 1.29 is 14.3 Å². The predicted octanol–water partition coefficient (Wildman–Crippen LogP) is 3.66. The van der Waals surface area contributed by atoms with E-state index in [1.807, 2.05) is 32.0 Å². The quantitative estimate of drug-likeness (QED) is 0.508. The molecule has 0 aliphatic carbocycles. The van der Waals surface area contributed by atoms with Gasteiger partial charge in [-0.3, -0.25) is 9.59 Å². The van der Waals surface area contributed by atoms with Crippen molar-refractivity contribution in [3.63, 3.8) is 0 Å². The number of methoxy groups -OCH3 is 1. The zero-order chi connectivity index (χ0) is 20.3. The van der Waals surface area contributed by atoms with Crippen LogP contribution in [-0.2, 0) is 9.53 Å². The fraction of sp³-hybridized carbons (Fsp3) is 0.190. The summed E-state index contributed by atoms with van der Waals surface area (Å²) in [6.45, 7) is 3.98. The molecule has 0 radical (unpaired) electrons. The van der Waals surface area contributed by atoms with Crippen LogP contribution in [0.1, 0.15) is 21.5 Å². The second-order valence-electron chi connectivity index (χ2n) is 6.33. The Morgan fingerprint density at radius 1 is 1.11 bits per heavy atom. The molecule has 0 unspecified atom stereocenters. The van der Waals surface area contributed by atoms with Crippen LogP contribution in [0.2, 0.25) is 0 Å². The van der Waals surface area contributed by atoms with Crippen molar-refractivity contribution in [2.24, 2.45) is 0 Å². The third kappa shape index (κ3) is 4.09. The van der Waals surface area contributed by atoms with Crippen molar-refractivity contribution in [1.82, 2.24) is 4.98 Å². The van der Waals surface area contributed by atoms with E-state index in [0.29, 0.717) is 21.6 Å². The Morgan fingerprint density at radius 3 is 2.57 bits per heavy atom. The molecule has 0 saturated heterocycles. The van der Waals surface area contributed by atoms with Gasteiger partial charge in [0.1, 0.15) is 5.56 Å². The summed E-state index contributed by atoms with van der Waals surface area (Å²) >= 11 is 1.09. The van der Waals surface area contributed by atoms with Gasteiger partial charge in [-0.15, -0.1) is 0 Å². The van der Waals surface area contributed by atoms with E-state index in [1.165, 1.54) is 7.11 Å². The Hall–Kier alpha value is -3.06. The van der Waals surface area contributed by atoms with Crippen molar-refractivity contribution in [3.8, 4) is 0 Å². The molecule has 0 atom stereocenters. The standard InChI is InChI=1S/C21H20N2O4S/c1-12-8-9-14(10-13(12)2)22-17(24)11-28-20-18(21(26)27-3)19(25)15-6-4-5-7-16(15)23-20/h4-10H,11H2,1-3H3,(H,22,24)(H,23,25). The van der Waals surface area contributed by atoms with Gasteiger partial charge in [0.05, 0.1) is 23.4 Å². The molecule has 3 aromatic rings. The van der Waals surface area contributed by atoms with Crippen LogP contribution in [-0.4, -0.2) is 29.7 Å². The lowest BCUT2D eigenvalue weighted by atomic mass is 10.1. The molecule has 0 aliphatic heterocycles. The molecule has 0 fully saturated rings. The number of nitrogens with one attached hydrogen (secondary N) is 2. The van der Waals surface area contributed by atoms with E-state index in [2.05, 4.69) is 10.3 Å². The smallest absolute Gasteiger partial charge is 0.344 e. The molecular weight excluding hydrogens is 376 g/mol. The van der Waals surface area contributed by atoms with E-state index in [1.54, 1.807) is 24.3 Å². The van der Waals surface area contributed by atoms with Gasteiger partial charge in [-0.25, -0.2) is 4.79 Å². The van der Waals surface area contributed by atoms with Crippen LogP contribution in [0.3, 0.4) is 0 Å². The van der Waals surface area contributed by atoms with Gasteiger partial charge in [-0.1, -0.05) is 30.0 Å². The van der Waals surface area contributed by atoms with E-state index in [4.69, 9.17) is 4.74 Å². The number of hydrogen-bond acceptors (Lipinski definition) is 5. The molecule has 1 aromatic heterocycles. The summed E-state index contributed by atoms with van der Waals surface area (Å²) in [6.07, 6.45) is 0. The van der Waals surface area contributed by atoms with Gasteiger partial charge in [-0.2, -0.15) is 0 Å². The van der Waals surface area contributed by atoms with Gasteiger partial charge >= 0.3 is 5.97 Å². The molecule has 144 valence electrons. The Morgan fingerprint density at radius 2 is 1.86 bits per heavy atom. The molecule has 3 rings (SSSR count). The second kappa shape index (κ2) is 8.31. The first-order chi connectivity index (χ1) is 13.4. The predicted molar refractivity (Wildman–Crippen MR) is 111 cm³/mol. The van der Waals surface area contributed by atoms with Crippen molar-refractivity contribution in [3.05, 3.63) is 69.4 Å².